The van der Waals surface area contributed by atoms with Gasteiger partial charge in [0.15, 0.2) is 0 Å². The smallest absolute Gasteiger partial charge is 0.259 e. The zero-order valence-corrected chi connectivity index (χ0v) is 15.4. The van der Waals surface area contributed by atoms with Crippen LogP contribution in [0.1, 0.15) is 15.9 Å². The van der Waals surface area contributed by atoms with Gasteiger partial charge in [0.25, 0.3) is 5.91 Å². The monoisotopic (exact) mass is 380 g/mol. The van der Waals surface area contributed by atoms with Crippen molar-refractivity contribution >= 4 is 16.8 Å². The van der Waals surface area contributed by atoms with Crippen molar-refractivity contribution in [2.45, 2.75) is 6.42 Å². The van der Waals surface area contributed by atoms with E-state index in [1.54, 1.807) is 17.3 Å². The first kappa shape index (κ1) is 18.3. The Morgan fingerprint density at radius 3 is 2.61 bits per heavy atom. The number of hydrogen-bond acceptors (Lipinski definition) is 4. The largest absolute Gasteiger partial charge is 0.358 e. The molecular formula is C21H21FN4O2. The first-order valence-corrected chi connectivity index (χ1v) is 9.34. The van der Waals surface area contributed by atoms with Gasteiger partial charge in [-0.15, -0.1) is 0 Å². The number of para-hydroxylation sites is 1. The summed E-state index contributed by atoms with van der Waals surface area (Å²) in [5.41, 5.74) is 0.995. The molecule has 0 saturated carbocycles. The molecule has 3 aromatic rings. The minimum absolute atomic E-state index is 0.0586. The number of pyridine rings is 2. The summed E-state index contributed by atoms with van der Waals surface area (Å²) in [6, 6.07) is 8.31. The number of carbonyl (C=O) groups is 1. The summed E-state index contributed by atoms with van der Waals surface area (Å²) in [5, 5.41) is 0.196. The first-order valence-electron chi connectivity index (χ1n) is 9.34. The third-order valence-corrected chi connectivity index (χ3v) is 5.22. The van der Waals surface area contributed by atoms with E-state index >= 15 is 0 Å². The van der Waals surface area contributed by atoms with Gasteiger partial charge in [-0.3, -0.25) is 19.5 Å². The Balaban J connectivity index is 1.41. The van der Waals surface area contributed by atoms with Crippen molar-refractivity contribution in [3.05, 3.63) is 76.1 Å². The van der Waals surface area contributed by atoms with E-state index in [4.69, 9.17) is 0 Å². The van der Waals surface area contributed by atoms with E-state index in [2.05, 4.69) is 14.9 Å². The molecule has 144 valence electrons. The average Bonchev–Trinajstić information content (AvgIpc) is 2.74. The number of nitrogens with zero attached hydrogens (tertiary/aromatic N) is 3. The minimum Gasteiger partial charge on any atom is -0.358 e. The molecule has 0 radical (unpaired) electrons. The van der Waals surface area contributed by atoms with Crippen LogP contribution in [-0.2, 0) is 6.42 Å². The van der Waals surface area contributed by atoms with E-state index in [1.807, 2.05) is 12.1 Å². The maximum Gasteiger partial charge on any atom is 0.259 e. The summed E-state index contributed by atoms with van der Waals surface area (Å²) in [4.78, 5) is 36.2. The molecular weight excluding hydrogens is 359 g/mol. The molecule has 4 rings (SSSR count). The SMILES string of the molecule is O=C(c1c[nH]c2c(F)cccc2c1=O)N1CCN(CCc2ccncc2)CC1. The Hall–Kier alpha value is -3.06. The zero-order chi connectivity index (χ0) is 19.5. The fourth-order valence-electron chi connectivity index (χ4n) is 3.56. The van der Waals surface area contributed by atoms with Crippen molar-refractivity contribution in [3.63, 3.8) is 0 Å². The zero-order valence-electron chi connectivity index (χ0n) is 15.4. The van der Waals surface area contributed by atoms with E-state index in [1.165, 1.54) is 30.0 Å². The number of halogens is 1. The predicted molar refractivity (Wildman–Crippen MR) is 105 cm³/mol. The van der Waals surface area contributed by atoms with E-state index < -0.39 is 11.2 Å². The van der Waals surface area contributed by atoms with Crippen LogP contribution >= 0.6 is 0 Å². The van der Waals surface area contributed by atoms with Gasteiger partial charge in [0, 0.05) is 56.7 Å². The molecule has 1 aromatic carbocycles. The molecule has 0 aliphatic carbocycles. The summed E-state index contributed by atoms with van der Waals surface area (Å²) >= 11 is 0. The summed E-state index contributed by atoms with van der Waals surface area (Å²) < 4.78 is 13.8. The highest BCUT2D eigenvalue weighted by Crippen LogP contribution is 2.14. The maximum absolute atomic E-state index is 13.8. The van der Waals surface area contributed by atoms with Gasteiger partial charge in [0.1, 0.15) is 11.4 Å². The molecule has 28 heavy (non-hydrogen) atoms. The fourth-order valence-corrected chi connectivity index (χ4v) is 3.56. The van der Waals surface area contributed by atoms with Crippen molar-refractivity contribution in [1.82, 2.24) is 19.8 Å². The Morgan fingerprint density at radius 1 is 1.11 bits per heavy atom. The molecule has 1 saturated heterocycles. The van der Waals surface area contributed by atoms with Gasteiger partial charge in [-0.05, 0) is 36.2 Å². The quantitative estimate of drug-likeness (QED) is 0.752. The number of benzene rings is 1. The van der Waals surface area contributed by atoms with Crippen LogP contribution in [0.15, 0.2) is 53.7 Å². The maximum atomic E-state index is 13.8. The molecule has 6 nitrogen and oxygen atoms in total. The highest BCUT2D eigenvalue weighted by atomic mass is 19.1. The third-order valence-electron chi connectivity index (χ3n) is 5.22. The Bertz CT molecular complexity index is 1040. The van der Waals surface area contributed by atoms with Gasteiger partial charge in [-0.2, -0.15) is 0 Å². The van der Waals surface area contributed by atoms with Gasteiger partial charge >= 0.3 is 0 Å². The van der Waals surface area contributed by atoms with Crippen LogP contribution in [-0.4, -0.2) is 58.4 Å². The second kappa shape index (κ2) is 7.90. The van der Waals surface area contributed by atoms with Crippen LogP contribution in [0.2, 0.25) is 0 Å². The number of H-pyrrole nitrogens is 1. The first-order chi connectivity index (χ1) is 13.6. The highest BCUT2D eigenvalue weighted by molar-refractivity contribution is 5.97. The topological polar surface area (TPSA) is 69.3 Å². The number of amides is 1. The number of nitrogens with one attached hydrogen (secondary N) is 1. The van der Waals surface area contributed by atoms with Gasteiger partial charge < -0.3 is 9.88 Å². The fraction of sp³-hybridized carbons (Fsp3) is 0.286. The number of rotatable bonds is 4. The molecule has 3 heterocycles. The van der Waals surface area contributed by atoms with E-state index in [9.17, 15) is 14.0 Å². The van der Waals surface area contributed by atoms with Crippen molar-refractivity contribution in [3.8, 4) is 0 Å². The normalized spacial score (nSPS) is 15.1. The van der Waals surface area contributed by atoms with Crippen molar-refractivity contribution in [1.29, 1.82) is 0 Å². The van der Waals surface area contributed by atoms with E-state index in [0.29, 0.717) is 13.1 Å². The summed E-state index contributed by atoms with van der Waals surface area (Å²) in [5.74, 6) is -0.808. The molecule has 1 N–H and O–H groups in total. The number of aromatic nitrogens is 2. The Morgan fingerprint density at radius 2 is 1.86 bits per heavy atom. The molecule has 1 aliphatic rings. The predicted octanol–water partition coefficient (Wildman–Crippen LogP) is 2.06. The van der Waals surface area contributed by atoms with Crippen LogP contribution in [0.5, 0.6) is 0 Å². The Kier molecular flexibility index (Phi) is 5.16. The van der Waals surface area contributed by atoms with Crippen molar-refractivity contribution in [2.24, 2.45) is 0 Å². The summed E-state index contributed by atoms with van der Waals surface area (Å²) in [6.45, 7) is 3.57. The molecule has 1 fully saturated rings. The van der Waals surface area contributed by atoms with Crippen LogP contribution in [0, 0.1) is 5.82 Å². The number of aromatic amines is 1. The highest BCUT2D eigenvalue weighted by Gasteiger charge is 2.24. The lowest BCUT2D eigenvalue weighted by molar-refractivity contribution is 0.0637. The molecule has 0 unspecified atom stereocenters. The van der Waals surface area contributed by atoms with Crippen molar-refractivity contribution in [2.75, 3.05) is 32.7 Å². The molecule has 1 aliphatic heterocycles. The second-order valence-electron chi connectivity index (χ2n) is 6.93. The van der Waals surface area contributed by atoms with E-state index in [-0.39, 0.29) is 22.4 Å². The lowest BCUT2D eigenvalue weighted by atomic mass is 10.1. The van der Waals surface area contributed by atoms with Gasteiger partial charge in [0.2, 0.25) is 5.43 Å². The van der Waals surface area contributed by atoms with Crippen LogP contribution in [0.3, 0.4) is 0 Å². The lowest BCUT2D eigenvalue weighted by Gasteiger charge is -2.34. The standard InChI is InChI=1S/C21H21FN4O2/c22-18-3-1-2-16-19(18)24-14-17(20(16)27)21(28)26-12-10-25(11-13-26)9-6-15-4-7-23-8-5-15/h1-5,7-8,14H,6,9-13H2,(H,24,27). The lowest BCUT2D eigenvalue weighted by Crippen LogP contribution is -2.49. The molecule has 0 atom stereocenters. The van der Waals surface area contributed by atoms with E-state index in [0.717, 1.165) is 26.1 Å². The summed E-state index contributed by atoms with van der Waals surface area (Å²) in [6.07, 6.45) is 5.84. The number of fused-ring (bicyclic) bond motifs is 1. The second-order valence-corrected chi connectivity index (χ2v) is 6.93. The Labute approximate surface area is 161 Å². The number of carbonyl (C=O) groups excluding carboxylic acids is 1. The molecule has 7 heteroatoms. The molecule has 0 bridgehead atoms. The van der Waals surface area contributed by atoms with Gasteiger partial charge in [0.05, 0.1) is 5.52 Å². The third kappa shape index (κ3) is 3.66. The van der Waals surface area contributed by atoms with Crippen LogP contribution in [0.25, 0.3) is 10.9 Å². The summed E-state index contributed by atoms with van der Waals surface area (Å²) in [7, 11) is 0. The van der Waals surface area contributed by atoms with Gasteiger partial charge in [-0.1, -0.05) is 6.07 Å². The average molecular weight is 380 g/mol. The minimum atomic E-state index is -0.503. The number of hydrogen-bond donors (Lipinski definition) is 1. The molecule has 2 aromatic heterocycles. The van der Waals surface area contributed by atoms with Crippen LogP contribution < -0.4 is 5.43 Å². The number of piperazine rings is 1. The molecule has 0 spiro atoms. The van der Waals surface area contributed by atoms with Crippen LogP contribution in [0.4, 0.5) is 4.39 Å². The van der Waals surface area contributed by atoms with Gasteiger partial charge in [-0.25, -0.2) is 4.39 Å². The van der Waals surface area contributed by atoms with Crippen molar-refractivity contribution < 1.29 is 9.18 Å². The molecule has 1 amide bonds.